The number of alkyl halides is 4. The normalized spacial score (nSPS) is 14.9. The second-order valence-electron chi connectivity index (χ2n) is 3.40. The Morgan fingerprint density at radius 1 is 1.24 bits per heavy atom. The van der Waals surface area contributed by atoms with E-state index in [1.54, 1.807) is 6.92 Å². The lowest BCUT2D eigenvalue weighted by Crippen LogP contribution is -2.32. The first-order chi connectivity index (χ1) is 7.58. The van der Waals surface area contributed by atoms with Gasteiger partial charge >= 0.3 is 18.1 Å². The molecule has 0 radical (unpaired) electrons. The first-order valence-electron chi connectivity index (χ1n) is 4.67. The average molecular weight is 277 g/mol. The highest BCUT2D eigenvalue weighted by molar-refractivity contribution is 6.33. The van der Waals surface area contributed by atoms with Crippen LogP contribution >= 0.6 is 11.6 Å². The van der Waals surface area contributed by atoms with Gasteiger partial charge in [-0.15, -0.1) is 11.6 Å². The molecule has 4 nitrogen and oxygen atoms in total. The van der Waals surface area contributed by atoms with Crippen molar-refractivity contribution in [1.82, 2.24) is 0 Å². The number of esters is 2. The van der Waals surface area contributed by atoms with Gasteiger partial charge in [-0.25, -0.2) is 4.79 Å². The van der Waals surface area contributed by atoms with E-state index in [2.05, 4.69) is 9.47 Å². The molecule has 1 atom stereocenters. The number of hydrogen-bond donors (Lipinski definition) is 0. The Morgan fingerprint density at radius 3 is 2.18 bits per heavy atom. The first kappa shape index (κ1) is 16.0. The summed E-state index contributed by atoms with van der Waals surface area (Å²) in [5, 5.41) is 0. The highest BCUT2D eigenvalue weighted by Crippen LogP contribution is 2.20. The van der Waals surface area contributed by atoms with Crippen molar-refractivity contribution in [2.24, 2.45) is 0 Å². The van der Waals surface area contributed by atoms with Crippen LogP contribution in [0.15, 0.2) is 0 Å². The number of rotatable bonds is 5. The Balaban J connectivity index is 3.97. The fourth-order valence-corrected chi connectivity index (χ4v) is 0.678. The summed E-state index contributed by atoms with van der Waals surface area (Å²) in [5.41, 5.74) is 0. The van der Waals surface area contributed by atoms with Crippen molar-refractivity contribution in [2.75, 3.05) is 13.2 Å². The van der Waals surface area contributed by atoms with Gasteiger partial charge in [0.2, 0.25) is 0 Å². The van der Waals surface area contributed by atoms with Crippen LogP contribution < -0.4 is 0 Å². The van der Waals surface area contributed by atoms with Crippen molar-refractivity contribution >= 4 is 23.5 Å². The zero-order valence-electron chi connectivity index (χ0n) is 9.27. The molecule has 0 aliphatic carbocycles. The summed E-state index contributed by atoms with van der Waals surface area (Å²) in [4.78, 5) is 20.7. The lowest BCUT2D eigenvalue weighted by atomic mass is 10.1. The highest BCUT2D eigenvalue weighted by Gasteiger charge is 2.32. The second kappa shape index (κ2) is 6.09. The zero-order chi connectivity index (χ0) is 13.7. The highest BCUT2D eigenvalue weighted by atomic mass is 35.5. The van der Waals surface area contributed by atoms with Gasteiger partial charge in [0, 0.05) is 0 Å². The smallest absolute Gasteiger partial charge is 0.422 e. The van der Waals surface area contributed by atoms with Crippen LogP contribution in [0, 0.1) is 0 Å². The van der Waals surface area contributed by atoms with Crippen LogP contribution in [0.2, 0.25) is 0 Å². The van der Waals surface area contributed by atoms with Crippen molar-refractivity contribution in [3.8, 4) is 0 Å². The Hall–Kier alpha value is -0.980. The van der Waals surface area contributed by atoms with Crippen LogP contribution in [0.3, 0.4) is 0 Å². The monoisotopic (exact) mass is 276 g/mol. The molecular formula is C9H12ClF3O4. The fourth-order valence-electron chi connectivity index (χ4n) is 0.623. The molecule has 0 aromatic heterocycles. The molecule has 0 N–H and O–H groups in total. The minimum atomic E-state index is -4.61. The number of ether oxygens (including phenoxy) is 2. The molecule has 0 saturated heterocycles. The number of halogens is 4. The van der Waals surface area contributed by atoms with E-state index in [0.29, 0.717) is 0 Å². The molecule has 17 heavy (non-hydrogen) atoms. The number of carbonyl (C=O) groups is 2. The summed E-state index contributed by atoms with van der Waals surface area (Å²) in [5.74, 6) is -2.16. The standard InChI is InChI=1S/C9H12ClF3O4/c1-3-8(2,10)7(15)16-4-6(14)17-5-9(11,12)13/h3-5H2,1-2H3. The van der Waals surface area contributed by atoms with Gasteiger partial charge in [-0.2, -0.15) is 13.2 Å². The van der Waals surface area contributed by atoms with Gasteiger partial charge in [-0.3, -0.25) is 4.79 Å². The topological polar surface area (TPSA) is 52.6 Å². The van der Waals surface area contributed by atoms with E-state index in [4.69, 9.17) is 11.6 Å². The minimum Gasteiger partial charge on any atom is -0.454 e. The third-order valence-corrected chi connectivity index (χ3v) is 2.23. The van der Waals surface area contributed by atoms with E-state index < -0.39 is 36.2 Å². The molecule has 0 fully saturated rings. The first-order valence-corrected chi connectivity index (χ1v) is 5.05. The van der Waals surface area contributed by atoms with E-state index in [9.17, 15) is 22.8 Å². The van der Waals surface area contributed by atoms with E-state index in [1.807, 2.05) is 0 Å². The summed E-state index contributed by atoms with van der Waals surface area (Å²) < 4.78 is 43.2. The lowest BCUT2D eigenvalue weighted by molar-refractivity contribution is -0.190. The predicted octanol–water partition coefficient (Wildman–Crippen LogP) is 2.04. The van der Waals surface area contributed by atoms with E-state index >= 15 is 0 Å². The van der Waals surface area contributed by atoms with Crippen LogP contribution in [0.5, 0.6) is 0 Å². The van der Waals surface area contributed by atoms with E-state index in [1.165, 1.54) is 6.92 Å². The molecule has 8 heteroatoms. The third kappa shape index (κ3) is 7.04. The molecule has 0 spiro atoms. The van der Waals surface area contributed by atoms with Crippen molar-refractivity contribution in [3.63, 3.8) is 0 Å². The SMILES string of the molecule is CCC(C)(Cl)C(=O)OCC(=O)OCC(F)(F)F. The molecule has 1 unspecified atom stereocenters. The summed E-state index contributed by atoms with van der Waals surface area (Å²) in [6.45, 7) is 0.390. The molecule has 0 heterocycles. The molecule has 0 aromatic carbocycles. The maximum atomic E-state index is 11.7. The molecule has 0 rings (SSSR count). The van der Waals surface area contributed by atoms with Crippen molar-refractivity contribution in [1.29, 1.82) is 0 Å². The van der Waals surface area contributed by atoms with Crippen molar-refractivity contribution < 1.29 is 32.2 Å². The maximum absolute atomic E-state index is 11.7. The molecule has 0 aliphatic heterocycles. The van der Waals surface area contributed by atoms with E-state index in [-0.39, 0.29) is 6.42 Å². The molecular weight excluding hydrogens is 265 g/mol. The maximum Gasteiger partial charge on any atom is 0.422 e. The Labute approximate surface area is 101 Å². The fraction of sp³-hybridized carbons (Fsp3) is 0.778. The Kier molecular flexibility index (Phi) is 5.74. The van der Waals surface area contributed by atoms with Crippen LogP contribution in [0.4, 0.5) is 13.2 Å². The van der Waals surface area contributed by atoms with Crippen molar-refractivity contribution in [2.45, 2.75) is 31.3 Å². The molecule has 100 valence electrons. The van der Waals surface area contributed by atoms with Crippen LogP contribution in [0.1, 0.15) is 20.3 Å². The van der Waals surface area contributed by atoms with Gasteiger partial charge in [-0.1, -0.05) is 6.92 Å². The summed E-state index contributed by atoms with van der Waals surface area (Å²) in [7, 11) is 0. The Morgan fingerprint density at radius 2 is 1.76 bits per heavy atom. The largest absolute Gasteiger partial charge is 0.454 e. The summed E-state index contributed by atoms with van der Waals surface area (Å²) in [6, 6.07) is 0. The molecule has 0 aliphatic rings. The minimum absolute atomic E-state index is 0.255. The van der Waals surface area contributed by atoms with E-state index in [0.717, 1.165) is 0 Å². The van der Waals surface area contributed by atoms with Crippen molar-refractivity contribution in [3.05, 3.63) is 0 Å². The summed E-state index contributed by atoms with van der Waals surface area (Å²) >= 11 is 5.70. The molecule has 0 saturated carbocycles. The predicted molar refractivity (Wildman–Crippen MR) is 52.5 cm³/mol. The van der Waals surface area contributed by atoms with Gasteiger partial charge in [0.05, 0.1) is 0 Å². The number of hydrogen-bond acceptors (Lipinski definition) is 4. The van der Waals surface area contributed by atoms with Gasteiger partial charge < -0.3 is 9.47 Å². The molecule has 0 amide bonds. The zero-order valence-corrected chi connectivity index (χ0v) is 10.0. The van der Waals surface area contributed by atoms with Gasteiger partial charge in [0.1, 0.15) is 4.87 Å². The van der Waals surface area contributed by atoms with Gasteiger partial charge in [-0.05, 0) is 13.3 Å². The summed E-state index contributed by atoms with van der Waals surface area (Å²) in [6.07, 6.45) is -4.35. The van der Waals surface area contributed by atoms with Gasteiger partial charge in [0.25, 0.3) is 0 Å². The van der Waals surface area contributed by atoms with Gasteiger partial charge in [0.15, 0.2) is 13.2 Å². The Bertz CT molecular complexity index is 288. The van der Waals surface area contributed by atoms with Crippen LogP contribution in [0.25, 0.3) is 0 Å². The molecule has 0 aromatic rings. The quantitative estimate of drug-likeness (QED) is 0.570. The lowest BCUT2D eigenvalue weighted by Gasteiger charge is -2.17. The third-order valence-electron chi connectivity index (χ3n) is 1.81. The molecule has 0 bridgehead atoms. The number of carbonyl (C=O) groups excluding carboxylic acids is 2. The average Bonchev–Trinajstić information content (AvgIpc) is 2.21. The second-order valence-corrected chi connectivity index (χ2v) is 4.24. The van der Waals surface area contributed by atoms with Crippen LogP contribution in [-0.2, 0) is 19.1 Å². The van der Waals surface area contributed by atoms with Crippen LogP contribution in [-0.4, -0.2) is 36.2 Å².